The monoisotopic (exact) mass is 308 g/mol. The first-order chi connectivity index (χ1) is 10.6. The van der Waals surface area contributed by atoms with Crippen LogP contribution in [0.25, 0.3) is 0 Å². The van der Waals surface area contributed by atoms with Gasteiger partial charge in [-0.1, -0.05) is 50.5 Å². The number of hydrogen-bond donors (Lipinski definition) is 0. The van der Waals surface area contributed by atoms with E-state index in [1.54, 1.807) is 6.92 Å². The van der Waals surface area contributed by atoms with Crippen LogP contribution in [0.2, 0.25) is 0 Å². The number of esters is 1. The SMILES string of the molecule is CCCCC(C/C=C/C=C/CCCCCC(C)=O)OC(C)=O. The molecule has 0 heterocycles. The molecule has 0 rings (SSSR count). The minimum Gasteiger partial charge on any atom is -0.462 e. The third-order valence-electron chi connectivity index (χ3n) is 3.39. The molecule has 0 aromatic rings. The molecule has 126 valence electrons. The van der Waals surface area contributed by atoms with Crippen molar-refractivity contribution in [2.24, 2.45) is 0 Å². The summed E-state index contributed by atoms with van der Waals surface area (Å²) in [6.45, 7) is 5.25. The van der Waals surface area contributed by atoms with Crippen molar-refractivity contribution in [2.75, 3.05) is 0 Å². The van der Waals surface area contributed by atoms with Crippen LogP contribution in [0.15, 0.2) is 24.3 Å². The third-order valence-corrected chi connectivity index (χ3v) is 3.39. The van der Waals surface area contributed by atoms with Crippen molar-refractivity contribution in [1.82, 2.24) is 0 Å². The molecule has 0 saturated heterocycles. The van der Waals surface area contributed by atoms with E-state index in [2.05, 4.69) is 25.2 Å². The number of carbonyl (C=O) groups is 2. The van der Waals surface area contributed by atoms with Gasteiger partial charge in [-0.15, -0.1) is 0 Å². The van der Waals surface area contributed by atoms with E-state index in [9.17, 15) is 9.59 Å². The Morgan fingerprint density at radius 3 is 2.36 bits per heavy atom. The fourth-order valence-electron chi connectivity index (χ4n) is 2.19. The van der Waals surface area contributed by atoms with Gasteiger partial charge in [0.15, 0.2) is 0 Å². The first-order valence-electron chi connectivity index (χ1n) is 8.54. The van der Waals surface area contributed by atoms with Crippen molar-refractivity contribution in [3.05, 3.63) is 24.3 Å². The maximum Gasteiger partial charge on any atom is 0.302 e. The van der Waals surface area contributed by atoms with Gasteiger partial charge in [0.2, 0.25) is 0 Å². The number of allylic oxidation sites excluding steroid dienone is 3. The molecule has 0 aromatic heterocycles. The quantitative estimate of drug-likeness (QED) is 0.268. The summed E-state index contributed by atoms with van der Waals surface area (Å²) in [6, 6.07) is 0. The van der Waals surface area contributed by atoms with Crippen LogP contribution in [0.3, 0.4) is 0 Å². The minimum absolute atomic E-state index is 0.00804. The largest absolute Gasteiger partial charge is 0.462 e. The van der Waals surface area contributed by atoms with Gasteiger partial charge in [-0.25, -0.2) is 0 Å². The summed E-state index contributed by atoms with van der Waals surface area (Å²) in [4.78, 5) is 21.8. The Bertz CT molecular complexity index is 356. The predicted molar refractivity (Wildman–Crippen MR) is 91.7 cm³/mol. The summed E-state index contributed by atoms with van der Waals surface area (Å²) in [5, 5.41) is 0. The molecule has 0 fully saturated rings. The Morgan fingerprint density at radius 1 is 1.00 bits per heavy atom. The second kappa shape index (κ2) is 14.6. The van der Waals surface area contributed by atoms with Crippen molar-refractivity contribution < 1.29 is 14.3 Å². The number of ketones is 1. The molecular formula is C19H32O3. The lowest BCUT2D eigenvalue weighted by molar-refractivity contribution is -0.146. The molecule has 0 aromatic carbocycles. The summed E-state index contributed by atoms with van der Waals surface area (Å²) in [7, 11) is 0. The Morgan fingerprint density at radius 2 is 1.73 bits per heavy atom. The zero-order valence-corrected chi connectivity index (χ0v) is 14.5. The fraction of sp³-hybridized carbons (Fsp3) is 0.684. The lowest BCUT2D eigenvalue weighted by Crippen LogP contribution is -2.15. The number of carbonyl (C=O) groups excluding carboxylic acids is 2. The molecule has 3 nitrogen and oxygen atoms in total. The van der Waals surface area contributed by atoms with Crippen LogP contribution >= 0.6 is 0 Å². The molecule has 0 aliphatic carbocycles. The van der Waals surface area contributed by atoms with Crippen molar-refractivity contribution in [1.29, 1.82) is 0 Å². The highest BCUT2D eigenvalue weighted by Crippen LogP contribution is 2.10. The highest BCUT2D eigenvalue weighted by molar-refractivity contribution is 5.75. The lowest BCUT2D eigenvalue weighted by Gasteiger charge is -2.14. The Labute approximate surface area is 135 Å². The lowest BCUT2D eigenvalue weighted by atomic mass is 10.1. The van der Waals surface area contributed by atoms with E-state index in [0.29, 0.717) is 6.42 Å². The van der Waals surface area contributed by atoms with Crippen LogP contribution in [0.1, 0.15) is 78.6 Å². The van der Waals surface area contributed by atoms with Crippen LogP contribution in [0.5, 0.6) is 0 Å². The molecule has 0 spiro atoms. The van der Waals surface area contributed by atoms with Gasteiger partial charge in [-0.3, -0.25) is 4.79 Å². The Kier molecular flexibility index (Phi) is 13.6. The second-order valence-corrected chi connectivity index (χ2v) is 5.77. The van der Waals surface area contributed by atoms with Crippen molar-refractivity contribution in [3.63, 3.8) is 0 Å². The standard InChI is InChI=1S/C19H32O3/c1-4-5-15-19(22-18(3)21)16-13-11-9-7-6-8-10-12-14-17(2)20/h7,9,11,13,19H,4-6,8,10,12,14-16H2,1-3H3/b9-7+,13-11+. The van der Waals surface area contributed by atoms with Crippen LogP contribution in [-0.4, -0.2) is 17.9 Å². The van der Waals surface area contributed by atoms with Crippen LogP contribution in [0, 0.1) is 0 Å². The molecule has 1 unspecified atom stereocenters. The molecule has 3 heteroatoms. The van der Waals surface area contributed by atoms with E-state index >= 15 is 0 Å². The molecule has 0 N–H and O–H groups in total. The van der Waals surface area contributed by atoms with Crippen molar-refractivity contribution in [2.45, 2.75) is 84.7 Å². The van der Waals surface area contributed by atoms with Gasteiger partial charge in [0.1, 0.15) is 11.9 Å². The van der Waals surface area contributed by atoms with E-state index in [4.69, 9.17) is 4.74 Å². The summed E-state index contributed by atoms with van der Waals surface area (Å²) in [6.07, 6.45) is 17.2. The summed E-state index contributed by atoms with van der Waals surface area (Å²) in [5.74, 6) is 0.0829. The van der Waals surface area contributed by atoms with Crippen molar-refractivity contribution in [3.8, 4) is 0 Å². The molecule has 0 aliphatic heterocycles. The van der Waals surface area contributed by atoms with E-state index in [0.717, 1.165) is 51.4 Å². The average molecular weight is 308 g/mol. The normalized spacial score (nSPS) is 12.9. The smallest absolute Gasteiger partial charge is 0.302 e. The topological polar surface area (TPSA) is 43.4 Å². The summed E-state index contributed by atoms with van der Waals surface area (Å²) < 4.78 is 5.30. The molecule has 0 bridgehead atoms. The van der Waals surface area contributed by atoms with Gasteiger partial charge < -0.3 is 9.53 Å². The van der Waals surface area contributed by atoms with Gasteiger partial charge in [0.25, 0.3) is 0 Å². The van der Waals surface area contributed by atoms with Crippen LogP contribution in [0.4, 0.5) is 0 Å². The number of ether oxygens (including phenoxy) is 1. The average Bonchev–Trinajstić information content (AvgIpc) is 2.45. The Balaban J connectivity index is 3.77. The number of hydrogen-bond acceptors (Lipinski definition) is 3. The van der Waals surface area contributed by atoms with Gasteiger partial charge in [-0.05, 0) is 32.6 Å². The third kappa shape index (κ3) is 15.0. The predicted octanol–water partition coefficient (Wildman–Crippen LogP) is 5.15. The molecule has 0 radical (unpaired) electrons. The van der Waals surface area contributed by atoms with E-state index in [1.165, 1.54) is 6.92 Å². The zero-order chi connectivity index (χ0) is 16.6. The highest BCUT2D eigenvalue weighted by Gasteiger charge is 2.08. The van der Waals surface area contributed by atoms with Gasteiger partial charge in [0, 0.05) is 19.8 Å². The molecule has 0 amide bonds. The minimum atomic E-state index is -0.199. The number of unbranched alkanes of at least 4 members (excludes halogenated alkanes) is 4. The summed E-state index contributed by atoms with van der Waals surface area (Å²) >= 11 is 0. The molecule has 0 saturated carbocycles. The Hall–Kier alpha value is -1.38. The van der Waals surface area contributed by atoms with Crippen molar-refractivity contribution >= 4 is 11.8 Å². The second-order valence-electron chi connectivity index (χ2n) is 5.77. The maximum atomic E-state index is 11.0. The van der Waals surface area contributed by atoms with E-state index in [1.807, 2.05) is 6.08 Å². The number of Topliss-reactive ketones (excluding diaryl/α,β-unsaturated/α-hetero) is 1. The first-order valence-corrected chi connectivity index (χ1v) is 8.54. The molecule has 1 atom stereocenters. The fourth-order valence-corrected chi connectivity index (χ4v) is 2.19. The highest BCUT2D eigenvalue weighted by atomic mass is 16.5. The van der Waals surface area contributed by atoms with Crippen LogP contribution < -0.4 is 0 Å². The number of rotatable bonds is 13. The van der Waals surface area contributed by atoms with E-state index < -0.39 is 0 Å². The summed E-state index contributed by atoms with van der Waals surface area (Å²) in [5.41, 5.74) is 0. The first kappa shape index (κ1) is 20.6. The molecule has 22 heavy (non-hydrogen) atoms. The maximum absolute atomic E-state index is 11.0. The molecular weight excluding hydrogens is 276 g/mol. The zero-order valence-electron chi connectivity index (χ0n) is 14.5. The molecule has 0 aliphatic rings. The van der Waals surface area contributed by atoms with Gasteiger partial charge in [0.05, 0.1) is 0 Å². The van der Waals surface area contributed by atoms with Gasteiger partial charge in [-0.2, -0.15) is 0 Å². The van der Waals surface area contributed by atoms with Crippen LogP contribution in [-0.2, 0) is 14.3 Å². The van der Waals surface area contributed by atoms with E-state index in [-0.39, 0.29) is 17.9 Å². The van der Waals surface area contributed by atoms with Gasteiger partial charge >= 0.3 is 5.97 Å².